The number of aromatic nitrogens is 2. The van der Waals surface area contributed by atoms with Gasteiger partial charge >= 0.3 is 0 Å². The van der Waals surface area contributed by atoms with Crippen molar-refractivity contribution in [1.29, 1.82) is 0 Å². The van der Waals surface area contributed by atoms with Gasteiger partial charge in [-0.05, 0) is 20.8 Å². The molecule has 0 bridgehead atoms. The molecule has 1 aromatic rings. The molecule has 90 valence electrons. The largest absolute Gasteiger partial charge is 0.366 e. The predicted molar refractivity (Wildman–Crippen MR) is 67.7 cm³/mol. The van der Waals surface area contributed by atoms with Crippen LogP contribution in [-0.2, 0) is 0 Å². The highest BCUT2D eigenvalue weighted by atomic mass is 15.2. The van der Waals surface area contributed by atoms with E-state index in [0.29, 0.717) is 6.54 Å². The topological polar surface area (TPSA) is 67.1 Å². The lowest BCUT2D eigenvalue weighted by Crippen LogP contribution is -2.26. The third kappa shape index (κ3) is 3.34. The summed E-state index contributed by atoms with van der Waals surface area (Å²) in [6.07, 6.45) is 1.58. The van der Waals surface area contributed by atoms with Gasteiger partial charge in [0.15, 0.2) is 0 Å². The molecule has 0 saturated heterocycles. The van der Waals surface area contributed by atoms with Crippen LogP contribution in [0.25, 0.3) is 0 Å². The van der Waals surface area contributed by atoms with E-state index in [1.165, 1.54) is 0 Å². The summed E-state index contributed by atoms with van der Waals surface area (Å²) in [5, 5.41) is 3.23. The van der Waals surface area contributed by atoms with Crippen LogP contribution in [0.1, 0.15) is 20.8 Å². The fourth-order valence-electron chi connectivity index (χ4n) is 1.46. The minimum atomic E-state index is 0.222. The van der Waals surface area contributed by atoms with Gasteiger partial charge in [-0.1, -0.05) is 0 Å². The number of nitrogens with one attached hydrogen (secondary N) is 1. The SMILES string of the molecule is CCN(CC)c1cc(NC(C)CN)ncn1. The smallest absolute Gasteiger partial charge is 0.134 e. The van der Waals surface area contributed by atoms with Crippen LogP contribution < -0.4 is 16.0 Å². The molecule has 0 aliphatic rings. The van der Waals surface area contributed by atoms with Crippen LogP contribution in [-0.4, -0.2) is 35.6 Å². The van der Waals surface area contributed by atoms with E-state index in [1.807, 2.05) is 13.0 Å². The molecule has 1 rings (SSSR count). The van der Waals surface area contributed by atoms with Crippen LogP contribution in [0, 0.1) is 0 Å². The van der Waals surface area contributed by atoms with Crippen molar-refractivity contribution in [3.63, 3.8) is 0 Å². The molecule has 0 aliphatic heterocycles. The highest BCUT2D eigenvalue weighted by Gasteiger charge is 2.06. The number of nitrogens with two attached hydrogens (primary N) is 1. The first kappa shape index (κ1) is 12.7. The van der Waals surface area contributed by atoms with Crippen LogP contribution >= 0.6 is 0 Å². The standard InChI is InChI=1S/C11H21N5/c1-4-16(5-2)11-6-10(13-8-14-11)15-9(3)7-12/h6,8-9H,4-5,7,12H2,1-3H3,(H,13,14,15). The molecule has 5 nitrogen and oxygen atoms in total. The van der Waals surface area contributed by atoms with Gasteiger partial charge in [0.2, 0.25) is 0 Å². The predicted octanol–water partition coefficient (Wildman–Crippen LogP) is 1.08. The van der Waals surface area contributed by atoms with Crippen molar-refractivity contribution in [2.24, 2.45) is 5.73 Å². The fraction of sp³-hybridized carbons (Fsp3) is 0.636. The lowest BCUT2D eigenvalue weighted by Gasteiger charge is -2.20. The Bertz CT molecular complexity index is 311. The molecular formula is C11H21N5. The summed E-state index contributed by atoms with van der Waals surface area (Å²) in [5.41, 5.74) is 5.55. The second-order valence-corrected chi connectivity index (χ2v) is 3.71. The Labute approximate surface area is 97.1 Å². The molecular weight excluding hydrogens is 202 g/mol. The van der Waals surface area contributed by atoms with Gasteiger partial charge in [0.25, 0.3) is 0 Å². The van der Waals surface area contributed by atoms with E-state index in [9.17, 15) is 0 Å². The summed E-state index contributed by atoms with van der Waals surface area (Å²) in [7, 11) is 0. The highest BCUT2D eigenvalue weighted by Crippen LogP contribution is 2.13. The fourth-order valence-corrected chi connectivity index (χ4v) is 1.46. The van der Waals surface area contributed by atoms with Gasteiger partial charge in [-0.3, -0.25) is 0 Å². The molecule has 5 heteroatoms. The molecule has 0 amide bonds. The van der Waals surface area contributed by atoms with E-state index in [2.05, 4.69) is 34.0 Å². The van der Waals surface area contributed by atoms with E-state index in [1.54, 1.807) is 6.33 Å². The molecule has 0 spiro atoms. The van der Waals surface area contributed by atoms with Gasteiger partial charge in [-0.2, -0.15) is 0 Å². The lowest BCUT2D eigenvalue weighted by atomic mass is 10.3. The Hall–Kier alpha value is -1.36. The van der Waals surface area contributed by atoms with Gasteiger partial charge in [0.05, 0.1) is 0 Å². The highest BCUT2D eigenvalue weighted by molar-refractivity contribution is 5.48. The van der Waals surface area contributed by atoms with E-state index >= 15 is 0 Å². The van der Waals surface area contributed by atoms with Crippen LogP contribution in [0.4, 0.5) is 11.6 Å². The molecule has 1 unspecified atom stereocenters. The lowest BCUT2D eigenvalue weighted by molar-refractivity contribution is 0.793. The second-order valence-electron chi connectivity index (χ2n) is 3.71. The first-order chi connectivity index (χ1) is 7.71. The average molecular weight is 223 g/mol. The van der Waals surface area contributed by atoms with Crippen molar-refractivity contribution in [2.45, 2.75) is 26.8 Å². The van der Waals surface area contributed by atoms with E-state index in [0.717, 1.165) is 24.7 Å². The monoisotopic (exact) mass is 223 g/mol. The molecule has 3 N–H and O–H groups in total. The van der Waals surface area contributed by atoms with Crippen molar-refractivity contribution < 1.29 is 0 Å². The van der Waals surface area contributed by atoms with Crippen molar-refractivity contribution in [1.82, 2.24) is 9.97 Å². The Morgan fingerprint density at radius 1 is 1.38 bits per heavy atom. The molecule has 0 radical (unpaired) electrons. The van der Waals surface area contributed by atoms with Gasteiger partial charge in [-0.15, -0.1) is 0 Å². The van der Waals surface area contributed by atoms with Crippen LogP contribution in [0.15, 0.2) is 12.4 Å². The number of rotatable bonds is 6. The maximum Gasteiger partial charge on any atom is 0.134 e. The van der Waals surface area contributed by atoms with Crippen molar-refractivity contribution in [2.75, 3.05) is 29.9 Å². The molecule has 1 aromatic heterocycles. The maximum absolute atomic E-state index is 5.55. The number of anilines is 2. The van der Waals surface area contributed by atoms with Crippen LogP contribution in [0.2, 0.25) is 0 Å². The van der Waals surface area contributed by atoms with Crippen molar-refractivity contribution >= 4 is 11.6 Å². The summed E-state index contributed by atoms with van der Waals surface area (Å²) in [4.78, 5) is 10.6. The minimum Gasteiger partial charge on any atom is -0.366 e. The third-order valence-corrected chi connectivity index (χ3v) is 2.49. The Kier molecular flexibility index (Phi) is 4.98. The first-order valence-corrected chi connectivity index (χ1v) is 5.74. The van der Waals surface area contributed by atoms with Crippen LogP contribution in [0.5, 0.6) is 0 Å². The van der Waals surface area contributed by atoms with E-state index in [-0.39, 0.29) is 6.04 Å². The molecule has 16 heavy (non-hydrogen) atoms. The second kappa shape index (κ2) is 6.27. The average Bonchev–Trinajstić information content (AvgIpc) is 2.31. The zero-order valence-electron chi connectivity index (χ0n) is 10.3. The summed E-state index contributed by atoms with van der Waals surface area (Å²) in [6, 6.07) is 2.18. The van der Waals surface area contributed by atoms with E-state index in [4.69, 9.17) is 5.73 Å². The van der Waals surface area contributed by atoms with Gasteiger partial charge in [-0.25, -0.2) is 9.97 Å². The maximum atomic E-state index is 5.55. The molecule has 0 aromatic carbocycles. The summed E-state index contributed by atoms with van der Waals surface area (Å²) in [5.74, 6) is 1.78. The van der Waals surface area contributed by atoms with Crippen molar-refractivity contribution in [3.05, 3.63) is 12.4 Å². The quantitative estimate of drug-likeness (QED) is 0.755. The Morgan fingerprint density at radius 2 is 2.06 bits per heavy atom. The molecule has 0 aliphatic carbocycles. The third-order valence-electron chi connectivity index (χ3n) is 2.49. The van der Waals surface area contributed by atoms with Gasteiger partial charge in [0, 0.05) is 31.7 Å². The Morgan fingerprint density at radius 3 is 2.62 bits per heavy atom. The first-order valence-electron chi connectivity index (χ1n) is 5.74. The summed E-state index contributed by atoms with van der Waals surface area (Å²) >= 11 is 0. The van der Waals surface area contributed by atoms with Crippen molar-refractivity contribution in [3.8, 4) is 0 Å². The molecule has 1 heterocycles. The van der Waals surface area contributed by atoms with Crippen LogP contribution in [0.3, 0.4) is 0 Å². The summed E-state index contributed by atoms with van der Waals surface area (Å²) in [6.45, 7) is 8.73. The minimum absolute atomic E-state index is 0.222. The molecule has 0 fully saturated rings. The van der Waals surface area contributed by atoms with E-state index < -0.39 is 0 Å². The molecule has 0 saturated carbocycles. The number of hydrogen-bond acceptors (Lipinski definition) is 5. The van der Waals surface area contributed by atoms with Gasteiger partial charge < -0.3 is 16.0 Å². The zero-order chi connectivity index (χ0) is 12.0. The van der Waals surface area contributed by atoms with Gasteiger partial charge in [0.1, 0.15) is 18.0 Å². The normalized spacial score (nSPS) is 12.2. The zero-order valence-corrected chi connectivity index (χ0v) is 10.3. The Balaban J connectivity index is 2.77. The number of hydrogen-bond donors (Lipinski definition) is 2. The number of nitrogens with zero attached hydrogens (tertiary/aromatic N) is 3. The summed E-state index contributed by atoms with van der Waals surface area (Å²) < 4.78 is 0. The molecule has 1 atom stereocenters.